The van der Waals surface area contributed by atoms with Crippen molar-refractivity contribution in [1.29, 1.82) is 0 Å². The molecule has 0 bridgehead atoms. The number of nitrogens with zero attached hydrogens (tertiary/aromatic N) is 1. The molecular formula is C22H17Cl2N3O. The Kier molecular flexibility index (Phi) is 5.07. The molecule has 6 heteroatoms. The van der Waals surface area contributed by atoms with E-state index >= 15 is 0 Å². The number of rotatable bonds is 4. The van der Waals surface area contributed by atoms with Gasteiger partial charge in [-0.1, -0.05) is 59.6 Å². The van der Waals surface area contributed by atoms with E-state index in [9.17, 15) is 4.79 Å². The molecule has 0 fully saturated rings. The van der Waals surface area contributed by atoms with Gasteiger partial charge >= 0.3 is 0 Å². The average Bonchev–Trinajstić information content (AvgIpc) is 3.11. The number of imidazole rings is 1. The summed E-state index contributed by atoms with van der Waals surface area (Å²) in [5, 5.41) is 4.05. The van der Waals surface area contributed by atoms with Crippen LogP contribution in [0.3, 0.4) is 0 Å². The Labute approximate surface area is 172 Å². The highest BCUT2D eigenvalue weighted by Crippen LogP contribution is 2.33. The van der Waals surface area contributed by atoms with E-state index < -0.39 is 0 Å². The van der Waals surface area contributed by atoms with Crippen LogP contribution in [-0.2, 0) is 0 Å². The first kappa shape index (κ1) is 18.5. The summed E-state index contributed by atoms with van der Waals surface area (Å²) >= 11 is 12.6. The second-order valence-electron chi connectivity index (χ2n) is 6.52. The molecule has 28 heavy (non-hydrogen) atoms. The summed E-state index contributed by atoms with van der Waals surface area (Å²) < 4.78 is 0. The normalized spacial score (nSPS) is 12.1. The van der Waals surface area contributed by atoms with Crippen molar-refractivity contribution in [3.05, 3.63) is 87.9 Å². The molecule has 4 rings (SSSR count). The summed E-state index contributed by atoms with van der Waals surface area (Å²) in [7, 11) is 0. The minimum atomic E-state index is -0.148. The third kappa shape index (κ3) is 3.61. The zero-order chi connectivity index (χ0) is 19.7. The van der Waals surface area contributed by atoms with Crippen LogP contribution in [0.15, 0.2) is 66.7 Å². The first-order valence-corrected chi connectivity index (χ1v) is 9.58. The Balaban J connectivity index is 1.62. The highest BCUT2D eigenvalue weighted by atomic mass is 35.5. The number of benzene rings is 3. The van der Waals surface area contributed by atoms with Crippen LogP contribution >= 0.6 is 23.2 Å². The largest absolute Gasteiger partial charge is 0.346 e. The van der Waals surface area contributed by atoms with Gasteiger partial charge in [-0.3, -0.25) is 4.79 Å². The third-order valence-corrected chi connectivity index (χ3v) is 5.22. The van der Waals surface area contributed by atoms with Crippen LogP contribution in [0.25, 0.3) is 22.4 Å². The van der Waals surface area contributed by atoms with Crippen molar-refractivity contribution in [2.45, 2.75) is 13.0 Å². The lowest BCUT2D eigenvalue weighted by Gasteiger charge is -2.14. The quantitative estimate of drug-likeness (QED) is 0.432. The smallest absolute Gasteiger partial charge is 0.251 e. The summed E-state index contributed by atoms with van der Waals surface area (Å²) in [6.45, 7) is 1.96. The SMILES string of the molecule is C[C@H](NC(=O)c1ccc2nc(-c3c(Cl)cccc3Cl)[nH]c2c1)c1ccccc1. The van der Waals surface area contributed by atoms with Crippen LogP contribution in [0.2, 0.25) is 10.0 Å². The summed E-state index contributed by atoms with van der Waals surface area (Å²) in [6.07, 6.45) is 0. The van der Waals surface area contributed by atoms with Crippen molar-refractivity contribution in [1.82, 2.24) is 15.3 Å². The topological polar surface area (TPSA) is 57.8 Å². The minimum Gasteiger partial charge on any atom is -0.346 e. The fraction of sp³-hybridized carbons (Fsp3) is 0.0909. The molecule has 1 atom stereocenters. The van der Waals surface area contributed by atoms with Gasteiger partial charge in [0.1, 0.15) is 5.82 Å². The lowest BCUT2D eigenvalue weighted by Crippen LogP contribution is -2.26. The van der Waals surface area contributed by atoms with E-state index in [1.54, 1.807) is 30.3 Å². The Morgan fingerprint density at radius 1 is 1.00 bits per heavy atom. The summed E-state index contributed by atoms with van der Waals surface area (Å²) in [5.74, 6) is 0.422. The number of carbonyl (C=O) groups excluding carboxylic acids is 1. The first-order chi connectivity index (χ1) is 13.5. The number of amides is 1. The predicted octanol–water partition coefficient (Wildman–Crippen LogP) is 6.03. The van der Waals surface area contributed by atoms with E-state index in [-0.39, 0.29) is 11.9 Å². The number of halogens is 2. The maximum Gasteiger partial charge on any atom is 0.251 e. The number of carbonyl (C=O) groups is 1. The van der Waals surface area contributed by atoms with Crippen molar-refractivity contribution in [3.8, 4) is 11.4 Å². The summed E-state index contributed by atoms with van der Waals surface area (Å²) in [6, 6.07) is 20.4. The van der Waals surface area contributed by atoms with Gasteiger partial charge in [-0.15, -0.1) is 0 Å². The lowest BCUT2D eigenvalue weighted by atomic mass is 10.1. The minimum absolute atomic E-state index is 0.0938. The van der Waals surface area contributed by atoms with Crippen molar-refractivity contribution in [2.75, 3.05) is 0 Å². The van der Waals surface area contributed by atoms with Gasteiger partial charge < -0.3 is 10.3 Å². The van der Waals surface area contributed by atoms with Crippen molar-refractivity contribution >= 4 is 40.1 Å². The third-order valence-electron chi connectivity index (χ3n) is 4.59. The molecule has 0 unspecified atom stereocenters. The fourth-order valence-corrected chi connectivity index (χ4v) is 3.67. The number of nitrogens with one attached hydrogen (secondary N) is 2. The van der Waals surface area contributed by atoms with Gasteiger partial charge in [0, 0.05) is 5.56 Å². The van der Waals surface area contributed by atoms with Crippen molar-refractivity contribution in [3.63, 3.8) is 0 Å². The van der Waals surface area contributed by atoms with Gasteiger partial charge in [-0.05, 0) is 42.8 Å². The first-order valence-electron chi connectivity index (χ1n) is 8.83. The molecule has 140 valence electrons. The van der Waals surface area contributed by atoms with Crippen molar-refractivity contribution in [2.24, 2.45) is 0 Å². The van der Waals surface area contributed by atoms with Crippen LogP contribution < -0.4 is 5.32 Å². The number of H-pyrrole nitrogens is 1. The zero-order valence-corrected chi connectivity index (χ0v) is 16.6. The van der Waals surface area contributed by atoms with Crippen LogP contribution in [-0.4, -0.2) is 15.9 Å². The molecule has 1 aromatic heterocycles. The second-order valence-corrected chi connectivity index (χ2v) is 7.33. The van der Waals surface area contributed by atoms with Gasteiger partial charge in [-0.2, -0.15) is 0 Å². The average molecular weight is 410 g/mol. The highest BCUT2D eigenvalue weighted by molar-refractivity contribution is 6.39. The van der Waals surface area contributed by atoms with Gasteiger partial charge in [0.2, 0.25) is 0 Å². The Morgan fingerprint density at radius 2 is 1.71 bits per heavy atom. The van der Waals surface area contributed by atoms with Crippen molar-refractivity contribution < 1.29 is 4.79 Å². The number of aromatic amines is 1. The van der Waals surface area contributed by atoms with E-state index in [2.05, 4.69) is 15.3 Å². The predicted molar refractivity (Wildman–Crippen MR) is 114 cm³/mol. The van der Waals surface area contributed by atoms with E-state index in [0.717, 1.165) is 16.6 Å². The molecule has 0 saturated heterocycles. The van der Waals surface area contributed by atoms with Gasteiger partial charge in [0.15, 0.2) is 0 Å². The van der Waals surface area contributed by atoms with Crippen LogP contribution in [0, 0.1) is 0 Å². The monoisotopic (exact) mass is 409 g/mol. The molecule has 0 radical (unpaired) electrons. The van der Waals surface area contributed by atoms with Crippen LogP contribution in [0.1, 0.15) is 28.9 Å². The number of hydrogen-bond donors (Lipinski definition) is 2. The maximum absolute atomic E-state index is 12.7. The molecule has 0 aliphatic carbocycles. The number of fused-ring (bicyclic) bond motifs is 1. The molecular weight excluding hydrogens is 393 g/mol. The zero-order valence-electron chi connectivity index (χ0n) is 15.0. The number of aromatic nitrogens is 2. The van der Waals surface area contributed by atoms with Gasteiger partial charge in [0.25, 0.3) is 5.91 Å². The van der Waals surface area contributed by atoms with E-state index in [1.807, 2.05) is 43.3 Å². The Hall–Kier alpha value is -2.82. The molecule has 0 aliphatic rings. The maximum atomic E-state index is 12.7. The van der Waals surface area contributed by atoms with Gasteiger partial charge in [0.05, 0.1) is 32.7 Å². The highest BCUT2D eigenvalue weighted by Gasteiger charge is 2.15. The summed E-state index contributed by atoms with van der Waals surface area (Å²) in [5.41, 5.74) is 3.72. The molecule has 0 saturated carbocycles. The van der Waals surface area contributed by atoms with E-state index in [1.165, 1.54) is 0 Å². The number of hydrogen-bond acceptors (Lipinski definition) is 2. The molecule has 3 aromatic carbocycles. The van der Waals surface area contributed by atoms with Crippen LogP contribution in [0.4, 0.5) is 0 Å². The second kappa shape index (κ2) is 7.66. The summed E-state index contributed by atoms with van der Waals surface area (Å²) in [4.78, 5) is 20.4. The molecule has 0 spiro atoms. The van der Waals surface area contributed by atoms with Crippen LogP contribution in [0.5, 0.6) is 0 Å². The standard InChI is InChI=1S/C22H17Cl2N3O/c1-13(14-6-3-2-4-7-14)25-22(28)15-10-11-18-19(12-15)27-21(26-18)20-16(23)8-5-9-17(20)24/h2-13H,1H3,(H,25,28)(H,26,27)/t13-/m0/s1. The lowest BCUT2D eigenvalue weighted by molar-refractivity contribution is 0.0940. The van der Waals surface area contributed by atoms with E-state index in [0.29, 0.717) is 27.0 Å². The molecule has 0 aliphatic heterocycles. The molecule has 2 N–H and O–H groups in total. The van der Waals surface area contributed by atoms with Gasteiger partial charge in [-0.25, -0.2) is 4.98 Å². The Morgan fingerprint density at radius 3 is 2.43 bits per heavy atom. The molecule has 1 amide bonds. The molecule has 1 heterocycles. The van der Waals surface area contributed by atoms with E-state index in [4.69, 9.17) is 23.2 Å². The Bertz CT molecular complexity index is 1130. The molecule has 4 nitrogen and oxygen atoms in total. The fourth-order valence-electron chi connectivity index (χ4n) is 3.10. The molecule has 4 aromatic rings.